The van der Waals surface area contributed by atoms with Crippen molar-refractivity contribution in [2.75, 3.05) is 13.7 Å². The van der Waals surface area contributed by atoms with Gasteiger partial charge in [0.25, 0.3) is 5.91 Å². The molecule has 2 N–H and O–H groups in total. The predicted molar refractivity (Wildman–Crippen MR) is 103 cm³/mol. The molecular formula is C19H25N5O2. The minimum absolute atomic E-state index is 0.102. The number of methoxy groups -OCH3 is 1. The summed E-state index contributed by atoms with van der Waals surface area (Å²) in [5.41, 5.74) is 2.35. The van der Waals surface area contributed by atoms with Gasteiger partial charge in [0, 0.05) is 19.5 Å². The maximum Gasteiger partial charge on any atom is 0.276 e. The van der Waals surface area contributed by atoms with Crippen LogP contribution in [-0.2, 0) is 16.6 Å². The molecule has 1 unspecified atom stereocenters. The van der Waals surface area contributed by atoms with E-state index >= 15 is 0 Å². The van der Waals surface area contributed by atoms with E-state index in [4.69, 9.17) is 4.74 Å². The van der Waals surface area contributed by atoms with Gasteiger partial charge in [0.1, 0.15) is 5.70 Å². The van der Waals surface area contributed by atoms with E-state index in [0.29, 0.717) is 24.2 Å². The van der Waals surface area contributed by atoms with E-state index in [1.54, 1.807) is 13.2 Å². The number of fused-ring (bicyclic) bond motifs is 1. The van der Waals surface area contributed by atoms with Crippen LogP contribution in [0.5, 0.6) is 0 Å². The van der Waals surface area contributed by atoms with Crippen molar-refractivity contribution in [1.29, 1.82) is 0 Å². The summed E-state index contributed by atoms with van der Waals surface area (Å²) < 4.78 is 7.07. The zero-order valence-electron chi connectivity index (χ0n) is 15.6. The number of rotatable bonds is 6. The minimum Gasteiger partial charge on any atom is -0.383 e. The second-order valence-electron chi connectivity index (χ2n) is 6.96. The number of aliphatic imine (C=N–C) groups is 1. The smallest absolute Gasteiger partial charge is 0.276 e. The highest BCUT2D eigenvalue weighted by molar-refractivity contribution is 6.13. The highest BCUT2D eigenvalue weighted by atomic mass is 16.5. The molecule has 0 saturated heterocycles. The van der Waals surface area contributed by atoms with Crippen molar-refractivity contribution < 1.29 is 9.53 Å². The minimum atomic E-state index is -0.209. The molecule has 2 aromatic rings. The molecule has 1 aliphatic heterocycles. The number of aryl methyl sites for hydroxylation is 1. The van der Waals surface area contributed by atoms with E-state index in [2.05, 4.69) is 34.6 Å². The lowest BCUT2D eigenvalue weighted by atomic mass is 10.0. The Labute approximate surface area is 153 Å². The maximum absolute atomic E-state index is 12.2. The molecule has 1 aromatic heterocycles. The van der Waals surface area contributed by atoms with E-state index in [9.17, 15) is 4.79 Å². The SMILES string of the molecule is COCC(CC(C)C)NC1=N/C(=C\c2ccc3c(cnn3C)c2)C(=O)N1. The molecule has 1 amide bonds. The third-order valence-electron chi connectivity index (χ3n) is 4.24. The molecule has 0 spiro atoms. The Morgan fingerprint density at radius 1 is 1.38 bits per heavy atom. The average molecular weight is 355 g/mol. The first-order chi connectivity index (χ1) is 12.5. The number of guanidine groups is 1. The summed E-state index contributed by atoms with van der Waals surface area (Å²) in [6, 6.07) is 6.04. The molecule has 0 bridgehead atoms. The molecule has 7 heteroatoms. The van der Waals surface area contributed by atoms with Crippen LogP contribution in [0, 0.1) is 5.92 Å². The summed E-state index contributed by atoms with van der Waals surface area (Å²) >= 11 is 0. The van der Waals surface area contributed by atoms with Crippen LogP contribution in [0.25, 0.3) is 17.0 Å². The van der Waals surface area contributed by atoms with Crippen molar-refractivity contribution in [2.24, 2.45) is 18.0 Å². The Morgan fingerprint density at radius 2 is 2.19 bits per heavy atom. The zero-order chi connectivity index (χ0) is 18.7. The maximum atomic E-state index is 12.2. The fourth-order valence-corrected chi connectivity index (χ4v) is 3.10. The van der Waals surface area contributed by atoms with Crippen LogP contribution in [-0.4, -0.2) is 41.4 Å². The Kier molecular flexibility index (Phi) is 5.37. The molecule has 2 heterocycles. The van der Waals surface area contributed by atoms with Gasteiger partial charge >= 0.3 is 0 Å². The lowest BCUT2D eigenvalue weighted by molar-refractivity contribution is -0.115. The number of nitrogens with one attached hydrogen (secondary N) is 2. The molecule has 3 rings (SSSR count). The van der Waals surface area contributed by atoms with Crippen LogP contribution in [0.15, 0.2) is 35.1 Å². The van der Waals surface area contributed by atoms with E-state index in [-0.39, 0.29) is 11.9 Å². The number of aromatic nitrogens is 2. The third-order valence-corrected chi connectivity index (χ3v) is 4.24. The fourth-order valence-electron chi connectivity index (χ4n) is 3.10. The number of hydrogen-bond acceptors (Lipinski definition) is 5. The van der Waals surface area contributed by atoms with Gasteiger partial charge in [0.05, 0.1) is 24.4 Å². The highest BCUT2D eigenvalue weighted by Gasteiger charge is 2.22. The standard InChI is InChI=1S/C19H25N5O2/c1-12(2)7-15(11-26-4)21-19-22-16(18(25)23-19)9-13-5-6-17-14(8-13)10-20-24(17)3/h5-6,8-10,12,15H,7,11H2,1-4H3,(H2,21,22,23,25)/b16-9-. The zero-order valence-corrected chi connectivity index (χ0v) is 15.6. The van der Waals surface area contributed by atoms with Gasteiger partial charge in [-0.05, 0) is 36.1 Å². The molecule has 26 heavy (non-hydrogen) atoms. The second-order valence-corrected chi connectivity index (χ2v) is 6.96. The highest BCUT2D eigenvalue weighted by Crippen LogP contribution is 2.18. The number of benzene rings is 1. The number of carbonyl (C=O) groups excluding carboxylic acids is 1. The van der Waals surface area contributed by atoms with Crippen molar-refractivity contribution in [3.8, 4) is 0 Å². The largest absolute Gasteiger partial charge is 0.383 e. The van der Waals surface area contributed by atoms with Crippen LogP contribution in [0.4, 0.5) is 0 Å². The van der Waals surface area contributed by atoms with Crippen LogP contribution < -0.4 is 10.6 Å². The molecule has 0 aliphatic carbocycles. The van der Waals surface area contributed by atoms with Gasteiger partial charge in [0.15, 0.2) is 0 Å². The number of amides is 1. The molecule has 1 aromatic carbocycles. The van der Waals surface area contributed by atoms with Gasteiger partial charge in [-0.15, -0.1) is 0 Å². The molecular weight excluding hydrogens is 330 g/mol. The normalized spacial score (nSPS) is 17.0. The molecule has 0 saturated carbocycles. The van der Waals surface area contributed by atoms with Gasteiger partial charge in [-0.3, -0.25) is 14.8 Å². The Balaban J connectivity index is 1.78. The number of hydrogen-bond donors (Lipinski definition) is 2. The molecule has 1 aliphatic rings. The second kappa shape index (κ2) is 7.70. The lowest BCUT2D eigenvalue weighted by Gasteiger charge is -2.20. The van der Waals surface area contributed by atoms with Crippen LogP contribution >= 0.6 is 0 Å². The summed E-state index contributed by atoms with van der Waals surface area (Å²) in [6.45, 7) is 4.86. The van der Waals surface area contributed by atoms with Gasteiger partial charge in [-0.25, -0.2) is 4.99 Å². The number of ether oxygens (including phenoxy) is 1. The molecule has 7 nitrogen and oxygen atoms in total. The van der Waals surface area contributed by atoms with Gasteiger partial charge in [-0.2, -0.15) is 5.10 Å². The Morgan fingerprint density at radius 3 is 2.92 bits per heavy atom. The van der Waals surface area contributed by atoms with Crippen LogP contribution in [0.2, 0.25) is 0 Å². The van der Waals surface area contributed by atoms with Crippen molar-refractivity contribution in [3.05, 3.63) is 35.7 Å². The van der Waals surface area contributed by atoms with Crippen LogP contribution in [0.3, 0.4) is 0 Å². The quantitative estimate of drug-likeness (QED) is 0.777. The topological polar surface area (TPSA) is 80.5 Å². The summed E-state index contributed by atoms with van der Waals surface area (Å²) in [5, 5.41) is 11.3. The summed E-state index contributed by atoms with van der Waals surface area (Å²) in [5.74, 6) is 0.785. The monoisotopic (exact) mass is 355 g/mol. The fraction of sp³-hybridized carbons (Fsp3) is 0.421. The first kappa shape index (κ1) is 18.1. The van der Waals surface area contributed by atoms with Gasteiger partial charge in [0.2, 0.25) is 5.96 Å². The molecule has 1 atom stereocenters. The average Bonchev–Trinajstić information content (AvgIpc) is 3.10. The van der Waals surface area contributed by atoms with E-state index in [0.717, 1.165) is 22.9 Å². The van der Waals surface area contributed by atoms with E-state index < -0.39 is 0 Å². The number of carbonyl (C=O) groups is 1. The summed E-state index contributed by atoms with van der Waals surface area (Å²) in [6.07, 6.45) is 4.52. The van der Waals surface area contributed by atoms with Crippen molar-refractivity contribution in [3.63, 3.8) is 0 Å². The van der Waals surface area contributed by atoms with Crippen molar-refractivity contribution >= 4 is 28.8 Å². The Bertz CT molecular complexity index is 866. The summed E-state index contributed by atoms with van der Waals surface area (Å²) in [7, 11) is 3.57. The van der Waals surface area contributed by atoms with Gasteiger partial charge in [-0.1, -0.05) is 19.9 Å². The van der Waals surface area contributed by atoms with E-state index in [1.165, 1.54) is 0 Å². The number of nitrogens with zero attached hydrogens (tertiary/aromatic N) is 3. The summed E-state index contributed by atoms with van der Waals surface area (Å²) in [4.78, 5) is 16.6. The Hall–Kier alpha value is -2.67. The van der Waals surface area contributed by atoms with E-state index in [1.807, 2.05) is 36.1 Å². The molecule has 0 radical (unpaired) electrons. The lowest BCUT2D eigenvalue weighted by Crippen LogP contribution is -2.45. The van der Waals surface area contributed by atoms with Crippen molar-refractivity contribution in [2.45, 2.75) is 26.3 Å². The molecule has 0 fully saturated rings. The van der Waals surface area contributed by atoms with Crippen LogP contribution in [0.1, 0.15) is 25.8 Å². The predicted octanol–water partition coefficient (Wildman–Crippen LogP) is 2.05. The third kappa shape index (κ3) is 4.11. The van der Waals surface area contributed by atoms with Crippen molar-refractivity contribution in [1.82, 2.24) is 20.4 Å². The first-order valence-electron chi connectivity index (χ1n) is 8.75. The first-order valence-corrected chi connectivity index (χ1v) is 8.75. The van der Waals surface area contributed by atoms with Gasteiger partial charge < -0.3 is 10.1 Å². The molecule has 138 valence electrons.